The summed E-state index contributed by atoms with van der Waals surface area (Å²) in [6, 6.07) is 29.2. The van der Waals surface area contributed by atoms with Gasteiger partial charge in [0, 0.05) is 28.5 Å². The number of amides is 1. The molecule has 0 radical (unpaired) electrons. The molecule has 1 aromatic heterocycles. The van der Waals surface area contributed by atoms with Crippen molar-refractivity contribution >= 4 is 33.4 Å². The van der Waals surface area contributed by atoms with Gasteiger partial charge in [-0.05, 0) is 85.6 Å². The number of pyridine rings is 1. The van der Waals surface area contributed by atoms with E-state index in [1.807, 2.05) is 60.7 Å². The maximum absolute atomic E-state index is 12.9. The summed E-state index contributed by atoms with van der Waals surface area (Å²) in [6.45, 7) is 1.89. The Morgan fingerprint density at radius 3 is 2.36 bits per heavy atom. The Hall–Kier alpha value is -4.42. The van der Waals surface area contributed by atoms with Crippen LogP contribution in [-0.2, 0) is 24.2 Å². The second-order valence-corrected chi connectivity index (χ2v) is 9.95. The fraction of sp³-hybridized carbons (Fsp3) is 0.212. The number of benzene rings is 4. The number of hydrogen-bond donors (Lipinski definition) is 2. The van der Waals surface area contributed by atoms with Crippen LogP contribution in [0.15, 0.2) is 95.8 Å². The van der Waals surface area contributed by atoms with Crippen molar-refractivity contribution in [3.05, 3.63) is 118 Å². The summed E-state index contributed by atoms with van der Waals surface area (Å²) in [7, 11) is 3.82. The van der Waals surface area contributed by atoms with Gasteiger partial charge < -0.3 is 19.9 Å². The average Bonchev–Trinajstić information content (AvgIpc) is 2.95. The van der Waals surface area contributed by atoms with Gasteiger partial charge in [0.05, 0.1) is 19.0 Å². The number of methoxy groups -OCH3 is 1. The van der Waals surface area contributed by atoms with Crippen LogP contribution in [-0.4, -0.2) is 36.5 Å². The number of nitrogens with zero attached hydrogens (tertiary/aromatic N) is 1. The molecule has 0 aliphatic carbocycles. The van der Waals surface area contributed by atoms with Crippen molar-refractivity contribution in [1.82, 2.24) is 9.88 Å². The van der Waals surface area contributed by atoms with Crippen LogP contribution in [0.2, 0.25) is 0 Å². The van der Waals surface area contributed by atoms with Crippen LogP contribution in [0.4, 0.5) is 5.69 Å². The molecular weight excluding hydrogens is 486 g/mol. The molecule has 1 heterocycles. The molecule has 1 amide bonds. The third-order valence-corrected chi connectivity index (χ3v) is 7.03. The second kappa shape index (κ2) is 12.0. The van der Waals surface area contributed by atoms with Crippen LogP contribution >= 0.6 is 0 Å². The number of aromatic nitrogens is 1. The van der Waals surface area contributed by atoms with Gasteiger partial charge in [-0.25, -0.2) is 0 Å². The quantitative estimate of drug-likeness (QED) is 0.224. The van der Waals surface area contributed by atoms with Gasteiger partial charge in [-0.2, -0.15) is 0 Å². The highest BCUT2D eigenvalue weighted by Crippen LogP contribution is 2.20. The highest BCUT2D eigenvalue weighted by molar-refractivity contribution is 5.98. The number of aromatic amines is 1. The number of H-pyrrole nitrogens is 1. The Labute approximate surface area is 228 Å². The van der Waals surface area contributed by atoms with Crippen molar-refractivity contribution in [2.75, 3.05) is 26.0 Å². The number of ether oxygens (including phenoxy) is 1. The van der Waals surface area contributed by atoms with Gasteiger partial charge in [0.15, 0.2) is 5.43 Å². The minimum Gasteiger partial charge on any atom is -0.497 e. The Balaban J connectivity index is 1.15. The largest absolute Gasteiger partial charge is 0.497 e. The number of carbonyl (C=O) groups is 1. The van der Waals surface area contributed by atoms with Crippen LogP contribution < -0.4 is 15.5 Å². The third kappa shape index (κ3) is 6.36. The van der Waals surface area contributed by atoms with Crippen molar-refractivity contribution < 1.29 is 9.53 Å². The lowest BCUT2D eigenvalue weighted by atomic mass is 10.0. The highest BCUT2D eigenvalue weighted by Gasteiger charge is 2.12. The smallest absolute Gasteiger partial charge is 0.228 e. The maximum atomic E-state index is 12.9. The molecule has 5 rings (SSSR count). The molecule has 0 aliphatic rings. The van der Waals surface area contributed by atoms with E-state index in [-0.39, 0.29) is 17.8 Å². The standard InChI is InChI=1S/C33H33N3O3/c1-36(22-24-14-18-27(39-2)19-15-24)20-6-7-23-12-16-26(17-13-23)34-31(37)21-25-8-5-10-29-32(25)35-30-11-4-3-9-28(30)33(29)38/h3-5,8-19H,6-7,20-22H2,1-2H3,(H,34,37)(H,35,38). The minimum atomic E-state index is -0.121. The summed E-state index contributed by atoms with van der Waals surface area (Å²) >= 11 is 0. The third-order valence-electron chi connectivity index (χ3n) is 7.03. The fourth-order valence-electron chi connectivity index (χ4n) is 4.96. The van der Waals surface area contributed by atoms with Gasteiger partial charge in [0.25, 0.3) is 0 Å². The zero-order chi connectivity index (χ0) is 27.2. The normalized spacial score (nSPS) is 11.3. The first-order chi connectivity index (χ1) is 19.0. The first-order valence-electron chi connectivity index (χ1n) is 13.2. The average molecular weight is 520 g/mol. The van der Waals surface area contributed by atoms with Crippen LogP contribution in [0, 0.1) is 0 Å². The first-order valence-corrected chi connectivity index (χ1v) is 13.2. The second-order valence-electron chi connectivity index (χ2n) is 9.95. The molecule has 0 aliphatic heterocycles. The number of para-hydroxylation sites is 2. The van der Waals surface area contributed by atoms with E-state index < -0.39 is 0 Å². The lowest BCUT2D eigenvalue weighted by Crippen LogP contribution is -2.19. The molecule has 2 N–H and O–H groups in total. The Bertz CT molecular complexity index is 1640. The molecule has 39 heavy (non-hydrogen) atoms. The highest BCUT2D eigenvalue weighted by atomic mass is 16.5. The molecule has 0 atom stereocenters. The molecule has 0 spiro atoms. The maximum Gasteiger partial charge on any atom is 0.228 e. The first kappa shape index (κ1) is 26.2. The zero-order valence-corrected chi connectivity index (χ0v) is 22.4. The predicted octanol–water partition coefficient (Wildman–Crippen LogP) is 5.94. The molecule has 0 fully saturated rings. The van der Waals surface area contributed by atoms with Crippen LogP contribution in [0.5, 0.6) is 5.75 Å². The minimum absolute atomic E-state index is 0.0240. The summed E-state index contributed by atoms with van der Waals surface area (Å²) < 4.78 is 5.23. The molecule has 198 valence electrons. The van der Waals surface area contributed by atoms with Gasteiger partial charge in [-0.1, -0.05) is 48.5 Å². The van der Waals surface area contributed by atoms with E-state index in [0.717, 1.165) is 48.4 Å². The number of carbonyl (C=O) groups excluding carboxylic acids is 1. The van der Waals surface area contributed by atoms with Gasteiger partial charge in [0.2, 0.25) is 5.91 Å². The number of rotatable bonds is 10. The van der Waals surface area contributed by atoms with Crippen molar-refractivity contribution in [2.24, 2.45) is 0 Å². The molecule has 6 nitrogen and oxygen atoms in total. The molecule has 5 aromatic rings. The van der Waals surface area contributed by atoms with Gasteiger partial charge in [0.1, 0.15) is 5.75 Å². The van der Waals surface area contributed by atoms with Crippen molar-refractivity contribution in [1.29, 1.82) is 0 Å². The van der Waals surface area contributed by atoms with Gasteiger partial charge in [-0.15, -0.1) is 0 Å². The van der Waals surface area contributed by atoms with Gasteiger partial charge >= 0.3 is 0 Å². The SMILES string of the molecule is COc1ccc(CN(C)CCCc2ccc(NC(=O)Cc3cccc4c(=O)c5ccccc5[nH]c34)cc2)cc1. The fourth-order valence-corrected chi connectivity index (χ4v) is 4.96. The van der Waals surface area contributed by atoms with Crippen molar-refractivity contribution in [3.63, 3.8) is 0 Å². The molecule has 4 aromatic carbocycles. The summed E-state index contributed by atoms with van der Waals surface area (Å²) in [5.41, 5.74) is 5.52. The molecule has 0 saturated carbocycles. The molecule has 0 saturated heterocycles. The molecule has 6 heteroatoms. The molecule has 0 unspecified atom stereocenters. The van der Waals surface area contributed by atoms with E-state index in [4.69, 9.17) is 4.74 Å². The number of hydrogen-bond acceptors (Lipinski definition) is 4. The lowest BCUT2D eigenvalue weighted by Gasteiger charge is -2.17. The van der Waals surface area contributed by atoms with Crippen molar-refractivity contribution in [3.8, 4) is 5.75 Å². The van der Waals surface area contributed by atoms with Crippen molar-refractivity contribution in [2.45, 2.75) is 25.8 Å². The van der Waals surface area contributed by atoms with E-state index >= 15 is 0 Å². The van der Waals surface area contributed by atoms with E-state index in [2.05, 4.69) is 46.5 Å². The number of fused-ring (bicyclic) bond motifs is 2. The number of aryl methyl sites for hydroxylation is 1. The Morgan fingerprint density at radius 1 is 0.872 bits per heavy atom. The van der Waals surface area contributed by atoms with Crippen LogP contribution in [0.3, 0.4) is 0 Å². The number of nitrogens with one attached hydrogen (secondary N) is 2. The van der Waals surface area contributed by atoms with Gasteiger partial charge in [-0.3, -0.25) is 9.59 Å². The van der Waals surface area contributed by atoms with E-state index in [0.29, 0.717) is 16.3 Å². The summed E-state index contributed by atoms with van der Waals surface area (Å²) in [6.07, 6.45) is 2.19. The lowest BCUT2D eigenvalue weighted by molar-refractivity contribution is -0.115. The Morgan fingerprint density at radius 2 is 1.59 bits per heavy atom. The van der Waals surface area contributed by atoms with E-state index in [1.54, 1.807) is 13.2 Å². The van der Waals surface area contributed by atoms with E-state index in [1.165, 1.54) is 11.1 Å². The summed E-state index contributed by atoms with van der Waals surface area (Å²) in [5, 5.41) is 4.24. The molecule has 0 bridgehead atoms. The van der Waals surface area contributed by atoms with E-state index in [9.17, 15) is 9.59 Å². The summed E-state index contributed by atoms with van der Waals surface area (Å²) in [5.74, 6) is 0.754. The topological polar surface area (TPSA) is 74.4 Å². The molecular formula is C33H33N3O3. The Kier molecular flexibility index (Phi) is 8.04. The zero-order valence-electron chi connectivity index (χ0n) is 22.4. The number of anilines is 1. The monoisotopic (exact) mass is 519 g/mol. The van der Waals surface area contributed by atoms with Crippen LogP contribution in [0.25, 0.3) is 21.8 Å². The summed E-state index contributed by atoms with van der Waals surface area (Å²) in [4.78, 5) is 31.5. The predicted molar refractivity (Wildman–Crippen MR) is 158 cm³/mol. The van der Waals surface area contributed by atoms with Crippen LogP contribution in [0.1, 0.15) is 23.1 Å².